The van der Waals surface area contributed by atoms with Gasteiger partial charge in [0.25, 0.3) is 11.8 Å². The van der Waals surface area contributed by atoms with Gasteiger partial charge >= 0.3 is 0 Å². The number of rotatable bonds is 6. The summed E-state index contributed by atoms with van der Waals surface area (Å²) in [5, 5.41) is 0. The summed E-state index contributed by atoms with van der Waals surface area (Å²) >= 11 is 0. The number of amides is 2. The smallest absolute Gasteiger partial charge is 0.289 e. The van der Waals surface area contributed by atoms with Gasteiger partial charge in [0.05, 0.1) is 18.8 Å². The summed E-state index contributed by atoms with van der Waals surface area (Å²) in [6.07, 6.45) is 5.54. The summed E-state index contributed by atoms with van der Waals surface area (Å²) in [7, 11) is 1.67. The second-order valence-electron chi connectivity index (χ2n) is 11.2. The first-order valence-corrected chi connectivity index (χ1v) is 14.7. The van der Waals surface area contributed by atoms with Crippen molar-refractivity contribution < 1.29 is 23.5 Å². The minimum Gasteiger partial charge on any atom is -0.495 e. The van der Waals surface area contributed by atoms with E-state index in [9.17, 15) is 14.0 Å². The lowest BCUT2D eigenvalue weighted by molar-refractivity contribution is -0.149. The number of para-hydroxylation sites is 2. The van der Waals surface area contributed by atoms with Crippen LogP contribution < -0.4 is 9.64 Å². The van der Waals surface area contributed by atoms with E-state index in [0.29, 0.717) is 31.0 Å². The number of hydrogen-bond donors (Lipinski definition) is 0. The first kappa shape index (κ1) is 27.8. The molecule has 3 aromatic carbocycles. The summed E-state index contributed by atoms with van der Waals surface area (Å²) in [6, 6.07) is 21.7. The fourth-order valence-corrected chi connectivity index (χ4v) is 6.29. The molecule has 1 saturated carbocycles. The van der Waals surface area contributed by atoms with Crippen LogP contribution in [-0.4, -0.2) is 67.0 Å². The first-order valence-electron chi connectivity index (χ1n) is 14.7. The van der Waals surface area contributed by atoms with Gasteiger partial charge in [-0.3, -0.25) is 9.59 Å². The minimum atomic E-state index is -0.308. The maximum absolute atomic E-state index is 13.9. The van der Waals surface area contributed by atoms with Crippen LogP contribution in [0.2, 0.25) is 0 Å². The number of anilines is 1. The van der Waals surface area contributed by atoms with Crippen molar-refractivity contribution in [1.29, 1.82) is 0 Å². The number of ether oxygens (including phenoxy) is 2. The molecule has 2 amide bonds. The maximum Gasteiger partial charge on any atom is 0.289 e. The highest BCUT2D eigenvalue weighted by atomic mass is 19.1. The second kappa shape index (κ2) is 12.3. The molecule has 3 aromatic rings. The molecule has 42 heavy (non-hydrogen) atoms. The number of benzene rings is 3. The molecular formula is C34H36FN3O4. The zero-order chi connectivity index (χ0) is 29.1. The zero-order valence-electron chi connectivity index (χ0n) is 23.9. The van der Waals surface area contributed by atoms with Crippen molar-refractivity contribution >= 4 is 23.6 Å². The molecule has 2 saturated heterocycles. The van der Waals surface area contributed by atoms with Gasteiger partial charge in [0.2, 0.25) is 0 Å². The van der Waals surface area contributed by atoms with E-state index in [1.54, 1.807) is 19.3 Å². The number of fused-ring (bicyclic) bond motifs is 1. The van der Waals surface area contributed by atoms with Crippen molar-refractivity contribution in [2.45, 2.75) is 44.4 Å². The van der Waals surface area contributed by atoms with Crippen LogP contribution in [-0.2, 0) is 16.1 Å². The van der Waals surface area contributed by atoms with Crippen molar-refractivity contribution in [2.24, 2.45) is 0 Å². The molecule has 2 heterocycles. The molecule has 0 radical (unpaired) electrons. The van der Waals surface area contributed by atoms with Crippen LogP contribution in [0.1, 0.15) is 47.2 Å². The van der Waals surface area contributed by atoms with Gasteiger partial charge in [0.1, 0.15) is 17.7 Å². The molecular weight excluding hydrogens is 533 g/mol. The Labute approximate surface area is 246 Å². The SMILES string of the molecule is COc1ccccc1N1CCN(C(=O)c2ccc(/C=C3\OC4CCCCC4N(Cc4cccc(F)c4)C3=O)cc2)CC1. The number of hydrogen-bond acceptors (Lipinski definition) is 5. The molecule has 8 heteroatoms. The number of piperazine rings is 1. The first-order chi connectivity index (χ1) is 20.5. The summed E-state index contributed by atoms with van der Waals surface area (Å²) in [4.78, 5) is 32.8. The zero-order valence-corrected chi connectivity index (χ0v) is 23.9. The van der Waals surface area contributed by atoms with Crippen LogP contribution in [0.3, 0.4) is 0 Å². The van der Waals surface area contributed by atoms with Crippen LogP contribution in [0.15, 0.2) is 78.6 Å². The van der Waals surface area contributed by atoms with Crippen molar-refractivity contribution in [2.75, 3.05) is 38.2 Å². The van der Waals surface area contributed by atoms with Gasteiger partial charge in [-0.05, 0) is 72.9 Å². The Bertz CT molecular complexity index is 1470. The number of methoxy groups -OCH3 is 1. The van der Waals surface area contributed by atoms with E-state index in [2.05, 4.69) is 4.90 Å². The fourth-order valence-electron chi connectivity index (χ4n) is 6.29. The number of carbonyl (C=O) groups excluding carboxylic acids is 2. The maximum atomic E-state index is 13.9. The highest BCUT2D eigenvalue weighted by Crippen LogP contribution is 2.34. The third kappa shape index (κ3) is 5.84. The third-order valence-electron chi connectivity index (χ3n) is 8.51. The number of morpholine rings is 1. The van der Waals surface area contributed by atoms with Crippen molar-refractivity contribution in [3.63, 3.8) is 0 Å². The van der Waals surface area contributed by atoms with E-state index in [4.69, 9.17) is 9.47 Å². The quantitative estimate of drug-likeness (QED) is 0.367. The third-order valence-corrected chi connectivity index (χ3v) is 8.51. The molecule has 2 atom stereocenters. The number of nitrogens with zero attached hydrogens (tertiary/aromatic N) is 3. The van der Waals surface area contributed by atoms with Crippen LogP contribution in [0.4, 0.5) is 10.1 Å². The molecule has 1 aliphatic carbocycles. The van der Waals surface area contributed by atoms with Gasteiger partial charge < -0.3 is 24.2 Å². The Balaban J connectivity index is 1.13. The van der Waals surface area contributed by atoms with Gasteiger partial charge in [-0.25, -0.2) is 4.39 Å². The molecule has 3 aliphatic rings. The Hall–Kier alpha value is -4.33. The van der Waals surface area contributed by atoms with Crippen LogP contribution in [0.5, 0.6) is 5.75 Å². The normalized spacial score (nSPS) is 21.6. The Morgan fingerprint density at radius 3 is 2.50 bits per heavy atom. The molecule has 218 valence electrons. The molecule has 0 N–H and O–H groups in total. The summed E-state index contributed by atoms with van der Waals surface area (Å²) in [6.45, 7) is 3.04. The lowest BCUT2D eigenvalue weighted by atomic mass is 9.89. The van der Waals surface area contributed by atoms with Crippen LogP contribution >= 0.6 is 0 Å². The average molecular weight is 570 g/mol. The molecule has 2 unspecified atom stereocenters. The van der Waals surface area contributed by atoms with Crippen molar-refractivity contribution in [1.82, 2.24) is 9.80 Å². The van der Waals surface area contributed by atoms with Gasteiger partial charge in [0, 0.05) is 38.3 Å². The Kier molecular flexibility index (Phi) is 8.13. The van der Waals surface area contributed by atoms with E-state index in [1.807, 2.05) is 64.4 Å². The largest absolute Gasteiger partial charge is 0.495 e. The monoisotopic (exact) mass is 569 g/mol. The Morgan fingerprint density at radius 2 is 1.74 bits per heavy atom. The predicted molar refractivity (Wildman–Crippen MR) is 160 cm³/mol. The minimum absolute atomic E-state index is 0.00908. The van der Waals surface area contributed by atoms with Crippen molar-refractivity contribution in [3.05, 3.63) is 101 Å². The van der Waals surface area contributed by atoms with E-state index >= 15 is 0 Å². The molecule has 0 spiro atoms. The second-order valence-corrected chi connectivity index (χ2v) is 11.2. The number of halogens is 1. The molecule has 0 aromatic heterocycles. The molecule has 6 rings (SSSR count). The van der Waals surface area contributed by atoms with Gasteiger partial charge in [-0.2, -0.15) is 0 Å². The average Bonchev–Trinajstić information content (AvgIpc) is 3.03. The van der Waals surface area contributed by atoms with E-state index < -0.39 is 0 Å². The Morgan fingerprint density at radius 1 is 0.976 bits per heavy atom. The molecule has 2 aliphatic heterocycles. The lowest BCUT2D eigenvalue weighted by Crippen LogP contribution is -2.54. The van der Waals surface area contributed by atoms with Crippen LogP contribution in [0, 0.1) is 5.82 Å². The van der Waals surface area contributed by atoms with Gasteiger partial charge in [-0.1, -0.05) is 42.8 Å². The van der Waals surface area contributed by atoms with E-state index in [1.165, 1.54) is 12.1 Å². The summed E-state index contributed by atoms with van der Waals surface area (Å²) in [5.74, 6) is 0.623. The predicted octanol–water partition coefficient (Wildman–Crippen LogP) is 5.51. The number of carbonyl (C=O) groups is 2. The molecule has 0 bridgehead atoms. The highest BCUT2D eigenvalue weighted by Gasteiger charge is 2.41. The fraction of sp³-hybridized carbons (Fsp3) is 0.353. The van der Waals surface area contributed by atoms with Gasteiger partial charge in [-0.15, -0.1) is 0 Å². The van der Waals surface area contributed by atoms with Crippen molar-refractivity contribution in [3.8, 4) is 5.75 Å². The van der Waals surface area contributed by atoms with Crippen LogP contribution in [0.25, 0.3) is 6.08 Å². The lowest BCUT2D eigenvalue weighted by Gasteiger charge is -2.44. The molecule has 7 nitrogen and oxygen atoms in total. The summed E-state index contributed by atoms with van der Waals surface area (Å²) in [5.41, 5.74) is 3.20. The highest BCUT2D eigenvalue weighted by molar-refractivity contribution is 5.97. The molecule has 3 fully saturated rings. The summed E-state index contributed by atoms with van der Waals surface area (Å²) < 4.78 is 25.6. The standard InChI is InChI=1S/C34H36FN3O4/c1-41-30-11-4-2-9-28(30)36-17-19-37(20-18-36)33(39)26-15-13-24(14-16-26)22-32-34(40)38(23-25-7-6-8-27(35)21-25)29-10-3-5-12-31(29)42-32/h2,4,6-9,11,13-16,21-22,29,31H,3,5,10,12,17-20,23H2,1H3/b32-22-. The van der Waals surface area contributed by atoms with E-state index in [0.717, 1.165) is 61.3 Å². The topological polar surface area (TPSA) is 62.3 Å². The van der Waals surface area contributed by atoms with E-state index in [-0.39, 0.29) is 29.8 Å². The van der Waals surface area contributed by atoms with Gasteiger partial charge in [0.15, 0.2) is 5.76 Å².